The van der Waals surface area contributed by atoms with Gasteiger partial charge in [-0.25, -0.2) is 4.99 Å². The monoisotopic (exact) mass is 605 g/mol. The Kier molecular flexibility index (Phi) is 9.82. The fourth-order valence-corrected chi connectivity index (χ4v) is 4.74. The number of aliphatic hydroxyl groups excluding tert-OH is 1. The second kappa shape index (κ2) is 13.5. The Bertz CT molecular complexity index is 1390. The maximum Gasteiger partial charge on any atom is 0.252 e. The number of nitrogens with zero attached hydrogens (tertiary/aromatic N) is 4. The van der Waals surface area contributed by atoms with E-state index in [-0.39, 0.29) is 24.9 Å². The fourth-order valence-electron chi connectivity index (χ4n) is 4.47. The van der Waals surface area contributed by atoms with Crippen LogP contribution in [-0.2, 0) is 16.0 Å². The number of hydrogen-bond donors (Lipinski definition) is 2. The average molecular weight is 607 g/mol. The summed E-state index contributed by atoms with van der Waals surface area (Å²) in [5.74, 6) is 0.909. The first kappa shape index (κ1) is 29.1. The zero-order valence-corrected chi connectivity index (χ0v) is 24.0. The highest BCUT2D eigenvalue weighted by molar-refractivity contribution is 9.10. The molecule has 0 saturated carbocycles. The fraction of sp³-hybridized carbons (Fsp3) is 0.333. The predicted octanol–water partition coefficient (Wildman–Crippen LogP) is 6.42. The largest absolute Gasteiger partial charge is 0.494 e. The summed E-state index contributed by atoms with van der Waals surface area (Å²) >= 11 is 3.48. The van der Waals surface area contributed by atoms with Crippen molar-refractivity contribution >= 4 is 33.4 Å². The molecule has 9 nitrogen and oxygen atoms in total. The molecule has 0 unspecified atom stereocenters. The molecule has 1 heterocycles. The van der Waals surface area contributed by atoms with Crippen molar-refractivity contribution in [3.8, 4) is 5.75 Å². The van der Waals surface area contributed by atoms with E-state index in [1.54, 1.807) is 30.3 Å². The molecule has 0 bridgehead atoms. The minimum absolute atomic E-state index is 0.0563. The van der Waals surface area contributed by atoms with E-state index < -0.39 is 11.6 Å². The summed E-state index contributed by atoms with van der Waals surface area (Å²) in [5, 5.41) is 16.0. The number of rotatable bonds is 12. The maximum atomic E-state index is 14.1. The quantitative estimate of drug-likeness (QED) is 0.107. The molecule has 3 aromatic rings. The van der Waals surface area contributed by atoms with Gasteiger partial charge in [-0.15, -0.1) is 0 Å². The summed E-state index contributed by atoms with van der Waals surface area (Å²) < 4.78 is 13.1. The number of aliphatic hydroxyl groups is 1. The zero-order chi connectivity index (χ0) is 28.5. The molecule has 1 aliphatic heterocycles. The number of benzene rings is 3. The van der Waals surface area contributed by atoms with E-state index >= 15 is 0 Å². The lowest BCUT2D eigenvalue weighted by Crippen LogP contribution is -2.50. The van der Waals surface area contributed by atoms with Crippen LogP contribution >= 0.6 is 15.9 Å². The highest BCUT2D eigenvalue weighted by atomic mass is 79.9. The third-order valence-electron chi connectivity index (χ3n) is 6.46. The van der Waals surface area contributed by atoms with Crippen molar-refractivity contribution in [1.82, 2.24) is 5.32 Å². The summed E-state index contributed by atoms with van der Waals surface area (Å²) in [5.41, 5.74) is 10.4. The number of azide groups is 1. The van der Waals surface area contributed by atoms with Crippen LogP contribution in [0.1, 0.15) is 43.1 Å². The van der Waals surface area contributed by atoms with Crippen LogP contribution in [0.5, 0.6) is 5.75 Å². The molecule has 40 heavy (non-hydrogen) atoms. The Morgan fingerprint density at radius 1 is 1.18 bits per heavy atom. The highest BCUT2D eigenvalue weighted by Gasteiger charge is 2.53. The van der Waals surface area contributed by atoms with Crippen LogP contribution < -0.4 is 10.1 Å². The lowest BCUT2D eigenvalue weighted by Gasteiger charge is -2.31. The van der Waals surface area contributed by atoms with E-state index in [1.807, 2.05) is 56.3 Å². The first-order chi connectivity index (χ1) is 19.4. The Hall–Kier alpha value is -3.85. The number of halogens is 1. The van der Waals surface area contributed by atoms with Gasteiger partial charge in [-0.2, -0.15) is 0 Å². The molecule has 1 aliphatic rings. The molecular formula is C30H32BrN5O4. The summed E-state index contributed by atoms with van der Waals surface area (Å²) in [4.78, 5) is 22.1. The Labute approximate surface area is 242 Å². The van der Waals surface area contributed by atoms with E-state index in [1.165, 1.54) is 0 Å². The van der Waals surface area contributed by atoms with Gasteiger partial charge in [-0.1, -0.05) is 71.3 Å². The van der Waals surface area contributed by atoms with Crippen molar-refractivity contribution in [2.24, 2.45) is 16.0 Å². The summed E-state index contributed by atoms with van der Waals surface area (Å²) in [6.45, 7) is 4.98. The van der Waals surface area contributed by atoms with Gasteiger partial charge in [0, 0.05) is 52.2 Å². The topological polar surface area (TPSA) is 129 Å². The van der Waals surface area contributed by atoms with Crippen molar-refractivity contribution in [1.29, 1.82) is 0 Å². The number of carbonyl (C=O) groups excluding carboxylic acids is 1. The van der Waals surface area contributed by atoms with E-state index in [0.29, 0.717) is 48.0 Å². The molecule has 0 saturated heterocycles. The SMILES string of the molecule is CC(C)CNC(=O)[C@]1(Cc2ccc(Br)cc2)N=C(c2ccc(OCCCO)cc2)O[C@@H]1c1ccccc1N=[N+]=[N-]. The van der Waals surface area contributed by atoms with E-state index in [2.05, 4.69) is 31.3 Å². The van der Waals surface area contributed by atoms with Gasteiger partial charge in [-0.3, -0.25) is 4.79 Å². The second-order valence-corrected chi connectivity index (χ2v) is 10.9. The molecule has 3 aromatic carbocycles. The minimum atomic E-state index is -1.38. The van der Waals surface area contributed by atoms with Gasteiger partial charge in [0.05, 0.1) is 6.61 Å². The molecule has 208 valence electrons. The van der Waals surface area contributed by atoms with Crippen LogP contribution in [0, 0.1) is 5.92 Å². The number of aliphatic imine (C=N–C) groups is 1. The van der Waals surface area contributed by atoms with Gasteiger partial charge >= 0.3 is 0 Å². The van der Waals surface area contributed by atoms with Crippen molar-refractivity contribution in [2.45, 2.75) is 38.3 Å². The molecule has 0 spiro atoms. The molecule has 0 aromatic heterocycles. The van der Waals surface area contributed by atoms with E-state index in [0.717, 1.165) is 10.0 Å². The number of nitrogens with one attached hydrogen (secondary N) is 1. The Balaban J connectivity index is 1.82. The molecule has 2 N–H and O–H groups in total. The van der Waals surface area contributed by atoms with Gasteiger partial charge < -0.3 is 19.9 Å². The Morgan fingerprint density at radius 2 is 1.90 bits per heavy atom. The summed E-state index contributed by atoms with van der Waals surface area (Å²) in [6.07, 6.45) is -0.0697. The first-order valence-electron chi connectivity index (χ1n) is 13.1. The van der Waals surface area contributed by atoms with E-state index in [9.17, 15) is 10.3 Å². The molecule has 10 heteroatoms. The number of amides is 1. The maximum absolute atomic E-state index is 14.1. The van der Waals surface area contributed by atoms with Crippen molar-refractivity contribution < 1.29 is 19.4 Å². The second-order valence-electron chi connectivity index (χ2n) is 9.94. The number of carbonyl (C=O) groups is 1. The number of hydrogen-bond acceptors (Lipinski definition) is 6. The van der Waals surface area contributed by atoms with Gasteiger partial charge in [0.1, 0.15) is 5.75 Å². The average Bonchev–Trinajstić information content (AvgIpc) is 3.34. The van der Waals surface area contributed by atoms with Crippen LogP contribution in [0.25, 0.3) is 10.4 Å². The third kappa shape index (κ3) is 6.83. The van der Waals surface area contributed by atoms with Crippen LogP contribution in [0.3, 0.4) is 0 Å². The van der Waals surface area contributed by atoms with Crippen molar-refractivity contribution in [3.63, 3.8) is 0 Å². The Morgan fingerprint density at radius 3 is 2.58 bits per heavy atom. The van der Waals surface area contributed by atoms with Gasteiger partial charge in [0.15, 0.2) is 11.6 Å². The normalized spacial score (nSPS) is 18.0. The molecule has 0 aliphatic carbocycles. The number of ether oxygens (including phenoxy) is 2. The summed E-state index contributed by atoms with van der Waals surface area (Å²) in [7, 11) is 0. The smallest absolute Gasteiger partial charge is 0.252 e. The van der Waals surface area contributed by atoms with Crippen LogP contribution in [0.4, 0.5) is 5.69 Å². The molecule has 1 amide bonds. The zero-order valence-electron chi connectivity index (χ0n) is 22.5. The predicted molar refractivity (Wildman–Crippen MR) is 158 cm³/mol. The van der Waals surface area contributed by atoms with Gasteiger partial charge in [-0.05, 0) is 53.4 Å². The van der Waals surface area contributed by atoms with Crippen LogP contribution in [0.15, 0.2) is 87.4 Å². The minimum Gasteiger partial charge on any atom is -0.494 e. The highest BCUT2D eigenvalue weighted by Crippen LogP contribution is 2.45. The van der Waals surface area contributed by atoms with Gasteiger partial charge in [0.2, 0.25) is 5.90 Å². The lowest BCUT2D eigenvalue weighted by atomic mass is 9.81. The molecule has 2 atom stereocenters. The van der Waals surface area contributed by atoms with E-state index in [4.69, 9.17) is 19.6 Å². The first-order valence-corrected chi connectivity index (χ1v) is 13.9. The van der Waals surface area contributed by atoms with Crippen molar-refractivity contribution in [2.75, 3.05) is 19.8 Å². The van der Waals surface area contributed by atoms with Crippen LogP contribution in [0.2, 0.25) is 0 Å². The van der Waals surface area contributed by atoms with Crippen LogP contribution in [-0.4, -0.2) is 42.2 Å². The molecule has 4 rings (SSSR count). The molecule has 0 fully saturated rings. The molecular weight excluding hydrogens is 574 g/mol. The summed E-state index contributed by atoms with van der Waals surface area (Å²) in [6, 6.07) is 22.1. The van der Waals surface area contributed by atoms with Gasteiger partial charge in [0.25, 0.3) is 5.91 Å². The standard InChI is InChI=1S/C30H32BrN5O4/c1-20(2)19-33-29(38)30(18-21-8-12-23(31)13-9-21)27(25-6-3-4-7-26(25)35-36-32)40-28(34-30)22-10-14-24(15-11-22)39-17-5-16-37/h3-4,6-15,20,27,37H,5,16-19H2,1-2H3,(H,33,38)/t27-,30-/m1/s1. The third-order valence-corrected chi connectivity index (χ3v) is 6.99. The van der Waals surface area contributed by atoms with Crippen molar-refractivity contribution in [3.05, 3.63) is 104 Å². The lowest BCUT2D eigenvalue weighted by molar-refractivity contribution is -0.129. The molecule has 0 radical (unpaired) electrons.